The minimum Gasteiger partial charge on any atom is -0.341 e. The van der Waals surface area contributed by atoms with Crippen LogP contribution in [0.1, 0.15) is 31.1 Å². The van der Waals surface area contributed by atoms with Crippen molar-refractivity contribution in [3.05, 3.63) is 34.5 Å². The van der Waals surface area contributed by atoms with E-state index in [0.29, 0.717) is 12.6 Å². The molecule has 0 saturated carbocycles. The smallest absolute Gasteiger partial charge is 0.0677 e. The number of nitrogens with zero attached hydrogens (tertiary/aromatic N) is 1. The van der Waals surface area contributed by atoms with Gasteiger partial charge in [0.25, 0.3) is 0 Å². The molecule has 2 nitrogen and oxygen atoms in total. The van der Waals surface area contributed by atoms with Crippen molar-refractivity contribution in [2.24, 2.45) is 5.73 Å². The largest absolute Gasteiger partial charge is 0.341 e. The highest BCUT2D eigenvalue weighted by Crippen LogP contribution is 2.33. The summed E-state index contributed by atoms with van der Waals surface area (Å²) < 4.78 is 2.26. The van der Waals surface area contributed by atoms with Crippen molar-refractivity contribution in [1.82, 2.24) is 4.57 Å². The van der Waals surface area contributed by atoms with Crippen LogP contribution in [0.2, 0.25) is 5.02 Å². The molecule has 86 valence electrons. The zero-order chi connectivity index (χ0) is 11.9. The number of benzene rings is 1. The number of hydrogen-bond donors (Lipinski definition) is 1. The highest BCUT2D eigenvalue weighted by atomic mass is 35.5. The van der Waals surface area contributed by atoms with Gasteiger partial charge in [0.15, 0.2) is 0 Å². The van der Waals surface area contributed by atoms with Crippen LogP contribution in [-0.4, -0.2) is 4.57 Å². The van der Waals surface area contributed by atoms with Crippen molar-refractivity contribution in [1.29, 1.82) is 0 Å². The lowest BCUT2D eigenvalue weighted by Gasteiger charge is -2.13. The minimum atomic E-state index is 0.391. The van der Waals surface area contributed by atoms with Gasteiger partial charge >= 0.3 is 0 Å². The van der Waals surface area contributed by atoms with Crippen molar-refractivity contribution in [2.45, 2.75) is 33.4 Å². The van der Waals surface area contributed by atoms with Crippen LogP contribution in [0.25, 0.3) is 10.9 Å². The lowest BCUT2D eigenvalue weighted by atomic mass is 10.1. The van der Waals surface area contributed by atoms with Gasteiger partial charge in [-0.05, 0) is 32.4 Å². The van der Waals surface area contributed by atoms with Gasteiger partial charge in [0.05, 0.1) is 10.5 Å². The van der Waals surface area contributed by atoms with E-state index in [1.54, 1.807) is 0 Å². The lowest BCUT2D eigenvalue weighted by Crippen LogP contribution is -2.05. The maximum atomic E-state index is 6.29. The lowest BCUT2D eigenvalue weighted by molar-refractivity contribution is 0.605. The van der Waals surface area contributed by atoms with Gasteiger partial charge in [-0.15, -0.1) is 0 Å². The molecule has 1 aromatic heterocycles. The summed E-state index contributed by atoms with van der Waals surface area (Å²) in [7, 11) is 0. The number of aromatic nitrogens is 1. The van der Waals surface area contributed by atoms with Crippen molar-refractivity contribution >= 4 is 22.5 Å². The molecular formula is C13H17ClN2. The van der Waals surface area contributed by atoms with E-state index in [4.69, 9.17) is 17.3 Å². The molecule has 0 spiro atoms. The first-order valence-corrected chi connectivity index (χ1v) is 5.93. The second kappa shape index (κ2) is 4.11. The third kappa shape index (κ3) is 1.53. The first-order valence-electron chi connectivity index (χ1n) is 5.55. The number of hydrogen-bond acceptors (Lipinski definition) is 1. The number of nitrogens with two attached hydrogens (primary N) is 1. The van der Waals surface area contributed by atoms with E-state index in [1.807, 2.05) is 12.1 Å². The number of para-hydroxylation sites is 1. The molecule has 2 aromatic rings. The standard InChI is InChI=1S/C13H17ClN2/c1-8(2)16-9(3)11(7-15)10-5-4-6-12(14)13(10)16/h4-6,8H,7,15H2,1-3H3. The Morgan fingerprint density at radius 2 is 2.06 bits per heavy atom. The zero-order valence-corrected chi connectivity index (χ0v) is 10.7. The van der Waals surface area contributed by atoms with Gasteiger partial charge in [0, 0.05) is 23.7 Å². The van der Waals surface area contributed by atoms with Crippen molar-refractivity contribution in [2.75, 3.05) is 0 Å². The van der Waals surface area contributed by atoms with Crippen LogP contribution in [0.4, 0.5) is 0 Å². The third-order valence-electron chi connectivity index (χ3n) is 3.07. The topological polar surface area (TPSA) is 30.9 Å². The molecule has 16 heavy (non-hydrogen) atoms. The Kier molecular flexibility index (Phi) is 2.96. The van der Waals surface area contributed by atoms with Crippen LogP contribution in [0, 0.1) is 6.92 Å². The number of halogens is 1. The molecule has 0 radical (unpaired) electrons. The van der Waals surface area contributed by atoms with E-state index in [9.17, 15) is 0 Å². The van der Waals surface area contributed by atoms with Crippen molar-refractivity contribution in [3.63, 3.8) is 0 Å². The monoisotopic (exact) mass is 236 g/mol. The fraction of sp³-hybridized carbons (Fsp3) is 0.385. The molecular weight excluding hydrogens is 220 g/mol. The van der Waals surface area contributed by atoms with Crippen LogP contribution in [-0.2, 0) is 6.54 Å². The van der Waals surface area contributed by atoms with Crippen molar-refractivity contribution < 1.29 is 0 Å². The van der Waals surface area contributed by atoms with E-state index in [0.717, 1.165) is 10.5 Å². The second-order valence-corrected chi connectivity index (χ2v) is 4.78. The van der Waals surface area contributed by atoms with Crippen LogP contribution in [0.15, 0.2) is 18.2 Å². The fourth-order valence-electron chi connectivity index (χ4n) is 2.41. The van der Waals surface area contributed by atoms with E-state index in [1.165, 1.54) is 16.6 Å². The predicted molar refractivity (Wildman–Crippen MR) is 70.0 cm³/mol. The average Bonchev–Trinajstić information content (AvgIpc) is 2.51. The molecule has 0 saturated heterocycles. The zero-order valence-electron chi connectivity index (χ0n) is 9.92. The van der Waals surface area contributed by atoms with Crippen LogP contribution in [0.5, 0.6) is 0 Å². The third-order valence-corrected chi connectivity index (χ3v) is 3.38. The Bertz CT molecular complexity index is 526. The van der Waals surface area contributed by atoms with Crippen LogP contribution in [0.3, 0.4) is 0 Å². The molecule has 0 atom stereocenters. The van der Waals surface area contributed by atoms with Gasteiger partial charge in [-0.3, -0.25) is 0 Å². The summed E-state index contributed by atoms with van der Waals surface area (Å²) in [5.74, 6) is 0. The van der Waals surface area contributed by atoms with E-state index >= 15 is 0 Å². The quantitative estimate of drug-likeness (QED) is 0.848. The molecule has 0 aliphatic heterocycles. The molecule has 0 unspecified atom stereocenters. The van der Waals surface area contributed by atoms with Gasteiger partial charge in [-0.2, -0.15) is 0 Å². The van der Waals surface area contributed by atoms with Crippen LogP contribution < -0.4 is 5.73 Å². The van der Waals surface area contributed by atoms with E-state index in [-0.39, 0.29) is 0 Å². The number of fused-ring (bicyclic) bond motifs is 1. The fourth-order valence-corrected chi connectivity index (χ4v) is 2.68. The van der Waals surface area contributed by atoms with Gasteiger partial charge in [0.2, 0.25) is 0 Å². The molecule has 2 N–H and O–H groups in total. The normalized spacial score (nSPS) is 11.6. The van der Waals surface area contributed by atoms with Gasteiger partial charge in [-0.25, -0.2) is 0 Å². The molecule has 1 heterocycles. The predicted octanol–water partition coefficient (Wildman–Crippen LogP) is 3.64. The van der Waals surface area contributed by atoms with Gasteiger partial charge in [0.1, 0.15) is 0 Å². The molecule has 0 aliphatic carbocycles. The average molecular weight is 237 g/mol. The molecule has 0 fully saturated rings. The van der Waals surface area contributed by atoms with E-state index < -0.39 is 0 Å². The second-order valence-electron chi connectivity index (χ2n) is 4.37. The Balaban J connectivity index is 2.93. The van der Waals surface area contributed by atoms with Gasteiger partial charge < -0.3 is 10.3 Å². The Labute approximate surface area is 101 Å². The molecule has 0 bridgehead atoms. The summed E-state index contributed by atoms with van der Waals surface area (Å²) in [6.07, 6.45) is 0. The molecule has 0 aliphatic rings. The Morgan fingerprint density at radius 3 is 2.62 bits per heavy atom. The summed E-state index contributed by atoms with van der Waals surface area (Å²) in [6, 6.07) is 6.40. The Morgan fingerprint density at radius 1 is 1.38 bits per heavy atom. The molecule has 0 amide bonds. The van der Waals surface area contributed by atoms with Gasteiger partial charge in [-0.1, -0.05) is 23.7 Å². The first-order chi connectivity index (χ1) is 7.57. The Hall–Kier alpha value is -0.990. The molecule has 3 heteroatoms. The van der Waals surface area contributed by atoms with E-state index in [2.05, 4.69) is 31.4 Å². The first kappa shape index (κ1) is 11.5. The minimum absolute atomic E-state index is 0.391. The molecule has 2 rings (SSSR count). The highest BCUT2D eigenvalue weighted by molar-refractivity contribution is 6.35. The van der Waals surface area contributed by atoms with Crippen LogP contribution >= 0.6 is 11.6 Å². The summed E-state index contributed by atoms with van der Waals surface area (Å²) in [6.45, 7) is 6.99. The molecule has 1 aromatic carbocycles. The SMILES string of the molecule is Cc1c(CN)c2cccc(Cl)c2n1C(C)C. The van der Waals surface area contributed by atoms with Crippen molar-refractivity contribution in [3.8, 4) is 0 Å². The summed E-state index contributed by atoms with van der Waals surface area (Å²) in [4.78, 5) is 0. The summed E-state index contributed by atoms with van der Waals surface area (Å²) in [5, 5.41) is 1.98. The maximum Gasteiger partial charge on any atom is 0.0677 e. The highest BCUT2D eigenvalue weighted by Gasteiger charge is 2.16. The maximum absolute atomic E-state index is 6.29. The summed E-state index contributed by atoms with van der Waals surface area (Å²) >= 11 is 6.29. The summed E-state index contributed by atoms with van der Waals surface area (Å²) in [5.41, 5.74) is 9.36. The number of rotatable bonds is 2.